The topological polar surface area (TPSA) is 49.7 Å². The second-order valence-corrected chi connectivity index (χ2v) is 4.77. The molecule has 0 saturated heterocycles. The molecule has 2 rings (SSSR count). The standard InChI is InChI=1S/C16H15F3O3/c17-16(18,19)12-4-3-5-13(8-12)22-10-11(9-20)14-6-1-2-7-15(14)21/h1-8,11,20-21H,9-10H2. The van der Waals surface area contributed by atoms with E-state index in [9.17, 15) is 23.4 Å². The Kier molecular flexibility index (Phi) is 4.92. The molecule has 0 radical (unpaired) electrons. The van der Waals surface area contributed by atoms with Gasteiger partial charge in [0.2, 0.25) is 0 Å². The quantitative estimate of drug-likeness (QED) is 0.887. The Hall–Kier alpha value is -2.21. The van der Waals surface area contributed by atoms with Gasteiger partial charge in [0.05, 0.1) is 18.8 Å². The van der Waals surface area contributed by atoms with Crippen LogP contribution in [0.1, 0.15) is 17.0 Å². The van der Waals surface area contributed by atoms with Crippen LogP contribution < -0.4 is 4.74 Å². The average molecular weight is 312 g/mol. The first-order chi connectivity index (χ1) is 10.4. The minimum absolute atomic E-state index is 0.00851. The number of phenols is 1. The van der Waals surface area contributed by atoms with E-state index in [0.717, 1.165) is 12.1 Å². The molecule has 2 aromatic rings. The highest BCUT2D eigenvalue weighted by Crippen LogP contribution is 2.32. The van der Waals surface area contributed by atoms with E-state index in [1.807, 2.05) is 0 Å². The number of hydrogen-bond acceptors (Lipinski definition) is 3. The van der Waals surface area contributed by atoms with E-state index >= 15 is 0 Å². The number of ether oxygens (including phenoxy) is 1. The van der Waals surface area contributed by atoms with Crippen LogP contribution in [0.3, 0.4) is 0 Å². The lowest BCUT2D eigenvalue weighted by atomic mass is 10.00. The molecule has 2 N–H and O–H groups in total. The zero-order chi connectivity index (χ0) is 16.2. The van der Waals surface area contributed by atoms with Crippen LogP contribution in [0.5, 0.6) is 11.5 Å². The summed E-state index contributed by atoms with van der Waals surface area (Å²) in [6.45, 7) is -0.341. The maximum Gasteiger partial charge on any atom is 0.416 e. The molecule has 1 atom stereocenters. The number of phenolic OH excluding ortho intramolecular Hbond substituents is 1. The van der Waals surface area contributed by atoms with Crippen molar-refractivity contribution in [1.82, 2.24) is 0 Å². The fourth-order valence-electron chi connectivity index (χ4n) is 2.03. The van der Waals surface area contributed by atoms with Gasteiger partial charge < -0.3 is 14.9 Å². The van der Waals surface area contributed by atoms with E-state index in [4.69, 9.17) is 4.74 Å². The van der Waals surface area contributed by atoms with Gasteiger partial charge in [-0.2, -0.15) is 13.2 Å². The predicted octanol–water partition coefficient (Wildman–Crippen LogP) is 3.57. The van der Waals surface area contributed by atoms with Gasteiger partial charge in [0.25, 0.3) is 0 Å². The third-order valence-corrected chi connectivity index (χ3v) is 3.21. The summed E-state index contributed by atoms with van der Waals surface area (Å²) >= 11 is 0. The summed E-state index contributed by atoms with van der Waals surface area (Å²) in [5.41, 5.74) is -0.315. The molecule has 0 amide bonds. The SMILES string of the molecule is OCC(COc1cccc(C(F)(F)F)c1)c1ccccc1O. The number of alkyl halides is 3. The van der Waals surface area contributed by atoms with Crippen LogP contribution in [-0.4, -0.2) is 23.4 Å². The Morgan fingerprint density at radius 1 is 1.05 bits per heavy atom. The van der Waals surface area contributed by atoms with Crippen molar-refractivity contribution >= 4 is 0 Å². The molecule has 22 heavy (non-hydrogen) atoms. The number of aliphatic hydroxyl groups excluding tert-OH is 1. The van der Waals surface area contributed by atoms with E-state index in [1.165, 1.54) is 18.2 Å². The van der Waals surface area contributed by atoms with Crippen LogP contribution in [-0.2, 0) is 6.18 Å². The maximum atomic E-state index is 12.6. The number of hydrogen-bond donors (Lipinski definition) is 2. The molecule has 0 saturated carbocycles. The van der Waals surface area contributed by atoms with Crippen LogP contribution in [0.25, 0.3) is 0 Å². The predicted molar refractivity (Wildman–Crippen MR) is 74.9 cm³/mol. The highest BCUT2D eigenvalue weighted by molar-refractivity contribution is 5.35. The third-order valence-electron chi connectivity index (χ3n) is 3.21. The first-order valence-electron chi connectivity index (χ1n) is 6.60. The first kappa shape index (κ1) is 16.2. The molecule has 0 bridgehead atoms. The monoisotopic (exact) mass is 312 g/mol. The normalized spacial score (nSPS) is 12.9. The molecule has 3 nitrogen and oxygen atoms in total. The summed E-state index contributed by atoms with van der Waals surface area (Å²) < 4.78 is 43.2. The van der Waals surface area contributed by atoms with E-state index in [0.29, 0.717) is 5.56 Å². The van der Waals surface area contributed by atoms with E-state index in [-0.39, 0.29) is 24.7 Å². The molecule has 118 valence electrons. The number of aliphatic hydroxyl groups is 1. The highest BCUT2D eigenvalue weighted by atomic mass is 19.4. The molecule has 1 unspecified atom stereocenters. The van der Waals surface area contributed by atoms with Gasteiger partial charge in [-0.05, 0) is 24.3 Å². The van der Waals surface area contributed by atoms with Crippen LogP contribution in [0.2, 0.25) is 0 Å². The summed E-state index contributed by atoms with van der Waals surface area (Å²) in [4.78, 5) is 0. The Balaban J connectivity index is 2.10. The fourth-order valence-corrected chi connectivity index (χ4v) is 2.03. The number of benzene rings is 2. The fraction of sp³-hybridized carbons (Fsp3) is 0.250. The van der Waals surface area contributed by atoms with Gasteiger partial charge in [0.1, 0.15) is 11.5 Å². The molecule has 2 aromatic carbocycles. The summed E-state index contributed by atoms with van der Waals surface area (Å²) in [6, 6.07) is 11.0. The third kappa shape index (κ3) is 3.92. The highest BCUT2D eigenvalue weighted by Gasteiger charge is 2.30. The Labute approximate surface area is 125 Å². The van der Waals surface area contributed by atoms with Gasteiger partial charge >= 0.3 is 6.18 Å². The summed E-state index contributed by atoms with van der Waals surface area (Å²) in [7, 11) is 0. The second kappa shape index (κ2) is 6.70. The van der Waals surface area contributed by atoms with E-state index < -0.39 is 17.7 Å². The lowest BCUT2D eigenvalue weighted by molar-refractivity contribution is -0.137. The number of halogens is 3. The number of aromatic hydroxyl groups is 1. The van der Waals surface area contributed by atoms with Crippen molar-refractivity contribution in [3.8, 4) is 11.5 Å². The minimum atomic E-state index is -4.44. The zero-order valence-corrected chi connectivity index (χ0v) is 11.5. The van der Waals surface area contributed by atoms with Gasteiger partial charge in [0.15, 0.2) is 0 Å². The van der Waals surface area contributed by atoms with Gasteiger partial charge in [0, 0.05) is 11.5 Å². The van der Waals surface area contributed by atoms with Gasteiger partial charge in [-0.25, -0.2) is 0 Å². The molecule has 0 aliphatic carbocycles. The molecular weight excluding hydrogens is 297 g/mol. The first-order valence-corrected chi connectivity index (χ1v) is 6.60. The minimum Gasteiger partial charge on any atom is -0.508 e. The zero-order valence-electron chi connectivity index (χ0n) is 11.5. The van der Waals surface area contributed by atoms with Crippen molar-refractivity contribution in [3.05, 3.63) is 59.7 Å². The Morgan fingerprint density at radius 2 is 1.77 bits per heavy atom. The number of rotatable bonds is 5. The number of para-hydroxylation sites is 1. The van der Waals surface area contributed by atoms with Crippen LogP contribution in [0.4, 0.5) is 13.2 Å². The van der Waals surface area contributed by atoms with Crippen LogP contribution in [0, 0.1) is 0 Å². The summed E-state index contributed by atoms with van der Waals surface area (Å²) in [5, 5.41) is 19.1. The summed E-state index contributed by atoms with van der Waals surface area (Å²) in [5.74, 6) is -0.464. The van der Waals surface area contributed by atoms with E-state index in [1.54, 1.807) is 18.2 Å². The van der Waals surface area contributed by atoms with Gasteiger partial charge in [-0.15, -0.1) is 0 Å². The summed E-state index contributed by atoms with van der Waals surface area (Å²) in [6.07, 6.45) is -4.44. The molecule has 0 fully saturated rings. The van der Waals surface area contributed by atoms with Crippen molar-refractivity contribution in [2.75, 3.05) is 13.2 Å². The van der Waals surface area contributed by atoms with Crippen molar-refractivity contribution in [2.24, 2.45) is 0 Å². The van der Waals surface area contributed by atoms with E-state index in [2.05, 4.69) is 0 Å². The molecular formula is C16H15F3O3. The average Bonchev–Trinajstić information content (AvgIpc) is 2.49. The molecule has 0 aromatic heterocycles. The van der Waals surface area contributed by atoms with Crippen molar-refractivity contribution in [2.45, 2.75) is 12.1 Å². The molecule has 0 aliphatic heterocycles. The smallest absolute Gasteiger partial charge is 0.416 e. The molecule has 6 heteroatoms. The second-order valence-electron chi connectivity index (χ2n) is 4.77. The van der Waals surface area contributed by atoms with Gasteiger partial charge in [-0.3, -0.25) is 0 Å². The Morgan fingerprint density at radius 3 is 2.41 bits per heavy atom. The molecule has 0 heterocycles. The lowest BCUT2D eigenvalue weighted by Gasteiger charge is -2.17. The van der Waals surface area contributed by atoms with Gasteiger partial charge in [-0.1, -0.05) is 24.3 Å². The van der Waals surface area contributed by atoms with Crippen molar-refractivity contribution in [3.63, 3.8) is 0 Å². The lowest BCUT2D eigenvalue weighted by Crippen LogP contribution is -2.14. The van der Waals surface area contributed by atoms with Crippen molar-refractivity contribution in [1.29, 1.82) is 0 Å². The molecule has 0 aliphatic rings. The Bertz CT molecular complexity index is 626. The maximum absolute atomic E-state index is 12.6. The van der Waals surface area contributed by atoms with Crippen LogP contribution >= 0.6 is 0 Å². The van der Waals surface area contributed by atoms with Crippen LogP contribution in [0.15, 0.2) is 48.5 Å². The van der Waals surface area contributed by atoms with Crippen molar-refractivity contribution < 1.29 is 28.1 Å². The largest absolute Gasteiger partial charge is 0.508 e. The molecule has 0 spiro atoms.